The minimum Gasteiger partial charge on any atom is -0.389 e. The summed E-state index contributed by atoms with van der Waals surface area (Å²) in [6, 6.07) is 3.67. The van der Waals surface area contributed by atoms with Crippen LogP contribution in [0.25, 0.3) is 0 Å². The number of nitrogens with two attached hydrogens (primary N) is 1. The van der Waals surface area contributed by atoms with Gasteiger partial charge < -0.3 is 11.1 Å². The Morgan fingerprint density at radius 2 is 2.33 bits per heavy atom. The highest BCUT2D eigenvalue weighted by molar-refractivity contribution is 7.80. The number of anilines is 1. The lowest BCUT2D eigenvalue weighted by Crippen LogP contribution is -2.14. The predicted molar refractivity (Wildman–Crippen MR) is 75.4 cm³/mol. The van der Waals surface area contributed by atoms with Gasteiger partial charge in [-0.3, -0.25) is 4.68 Å². The highest BCUT2D eigenvalue weighted by Gasteiger charge is 2.07. The third-order valence-corrected chi connectivity index (χ3v) is 2.85. The lowest BCUT2D eigenvalue weighted by molar-refractivity contribution is 0.756. The maximum atomic E-state index is 5.65. The highest BCUT2D eigenvalue weighted by atomic mass is 32.1. The Morgan fingerprint density at radius 1 is 1.56 bits per heavy atom. The standard InChI is InChI=1S/C12H15N5S/c1-8-9(7-17(2)16-8)6-15-12-10(11(13)18)4-3-5-14-12/h3-5,7H,6H2,1-2H3,(H2,13,18)(H,14,15). The van der Waals surface area contributed by atoms with Crippen LogP contribution >= 0.6 is 12.2 Å². The third kappa shape index (κ3) is 2.65. The first kappa shape index (κ1) is 12.5. The molecule has 3 N–H and O–H groups in total. The maximum absolute atomic E-state index is 5.65. The van der Waals surface area contributed by atoms with E-state index in [1.807, 2.05) is 32.3 Å². The molecule has 0 aromatic carbocycles. The fourth-order valence-electron chi connectivity index (χ4n) is 1.75. The molecular weight excluding hydrogens is 246 g/mol. The number of hydrogen-bond acceptors (Lipinski definition) is 4. The number of nitrogens with one attached hydrogen (secondary N) is 1. The van der Waals surface area contributed by atoms with Crippen LogP contribution in [0.2, 0.25) is 0 Å². The van der Waals surface area contributed by atoms with Crippen LogP contribution in [-0.4, -0.2) is 19.8 Å². The smallest absolute Gasteiger partial charge is 0.136 e. The van der Waals surface area contributed by atoms with Gasteiger partial charge in [-0.25, -0.2) is 4.98 Å². The third-order valence-electron chi connectivity index (χ3n) is 2.63. The SMILES string of the molecule is Cc1nn(C)cc1CNc1ncccc1C(N)=S. The average Bonchev–Trinajstić information content (AvgIpc) is 2.65. The van der Waals surface area contributed by atoms with Crippen molar-refractivity contribution in [2.24, 2.45) is 12.8 Å². The fraction of sp³-hybridized carbons (Fsp3) is 0.250. The van der Waals surface area contributed by atoms with E-state index in [4.69, 9.17) is 18.0 Å². The normalized spacial score (nSPS) is 10.3. The number of rotatable bonds is 4. The van der Waals surface area contributed by atoms with Crippen LogP contribution in [0.5, 0.6) is 0 Å². The van der Waals surface area contributed by atoms with E-state index in [0.29, 0.717) is 17.4 Å². The lowest BCUT2D eigenvalue weighted by atomic mass is 10.2. The monoisotopic (exact) mass is 261 g/mol. The molecule has 0 saturated heterocycles. The second kappa shape index (κ2) is 5.14. The van der Waals surface area contributed by atoms with Crippen LogP contribution in [0, 0.1) is 6.92 Å². The van der Waals surface area contributed by atoms with E-state index in [0.717, 1.165) is 16.8 Å². The summed E-state index contributed by atoms with van der Waals surface area (Å²) in [6.45, 7) is 2.62. The molecule has 2 aromatic rings. The molecule has 0 radical (unpaired) electrons. The minimum atomic E-state index is 0.341. The first-order valence-electron chi connectivity index (χ1n) is 5.55. The summed E-state index contributed by atoms with van der Waals surface area (Å²) in [4.78, 5) is 4.59. The van der Waals surface area contributed by atoms with Gasteiger partial charge in [-0.2, -0.15) is 5.10 Å². The molecule has 0 bridgehead atoms. The Labute approximate surface area is 111 Å². The second-order valence-corrected chi connectivity index (χ2v) is 4.47. The van der Waals surface area contributed by atoms with Gasteiger partial charge in [0.1, 0.15) is 10.8 Å². The zero-order chi connectivity index (χ0) is 13.1. The first-order chi connectivity index (χ1) is 8.58. The first-order valence-corrected chi connectivity index (χ1v) is 5.96. The van der Waals surface area contributed by atoms with Gasteiger partial charge in [0.15, 0.2) is 0 Å². The maximum Gasteiger partial charge on any atom is 0.136 e. The van der Waals surface area contributed by atoms with Crippen LogP contribution in [0.4, 0.5) is 5.82 Å². The van der Waals surface area contributed by atoms with Crippen molar-refractivity contribution in [2.45, 2.75) is 13.5 Å². The Morgan fingerprint density at radius 3 is 2.94 bits per heavy atom. The molecule has 0 aliphatic rings. The highest BCUT2D eigenvalue weighted by Crippen LogP contribution is 2.13. The van der Waals surface area contributed by atoms with Crippen LogP contribution in [0.3, 0.4) is 0 Å². The molecule has 5 nitrogen and oxygen atoms in total. The lowest BCUT2D eigenvalue weighted by Gasteiger charge is -2.09. The summed E-state index contributed by atoms with van der Waals surface area (Å²) in [5, 5.41) is 7.52. The molecule has 6 heteroatoms. The van der Waals surface area contributed by atoms with Gasteiger partial charge in [0, 0.05) is 31.5 Å². The van der Waals surface area contributed by atoms with E-state index in [1.54, 1.807) is 10.9 Å². The largest absolute Gasteiger partial charge is 0.389 e. The Balaban J connectivity index is 2.15. The summed E-state index contributed by atoms with van der Waals surface area (Å²) in [5.41, 5.74) is 8.53. The molecule has 2 heterocycles. The van der Waals surface area contributed by atoms with Gasteiger partial charge in [-0.1, -0.05) is 12.2 Å². The molecule has 0 spiro atoms. The average molecular weight is 261 g/mol. The summed E-state index contributed by atoms with van der Waals surface area (Å²) in [6.07, 6.45) is 3.69. The number of aryl methyl sites for hydroxylation is 2. The van der Waals surface area contributed by atoms with Crippen LogP contribution in [0.15, 0.2) is 24.5 Å². The number of hydrogen-bond donors (Lipinski definition) is 2. The number of thiocarbonyl (C=S) groups is 1. The molecule has 2 rings (SSSR count). The summed E-state index contributed by atoms with van der Waals surface area (Å²) < 4.78 is 1.79. The van der Waals surface area contributed by atoms with Crippen molar-refractivity contribution < 1.29 is 0 Å². The number of nitrogens with zero attached hydrogens (tertiary/aromatic N) is 3. The number of aromatic nitrogens is 3. The van der Waals surface area contributed by atoms with Crippen LogP contribution < -0.4 is 11.1 Å². The van der Waals surface area contributed by atoms with Gasteiger partial charge >= 0.3 is 0 Å². The quantitative estimate of drug-likeness (QED) is 0.814. The van der Waals surface area contributed by atoms with Crippen molar-refractivity contribution in [3.63, 3.8) is 0 Å². The topological polar surface area (TPSA) is 68.8 Å². The van der Waals surface area contributed by atoms with Gasteiger partial charge in [0.25, 0.3) is 0 Å². The minimum absolute atomic E-state index is 0.341. The predicted octanol–water partition coefficient (Wildman–Crippen LogP) is 1.37. The Kier molecular flexibility index (Phi) is 3.57. The van der Waals surface area contributed by atoms with E-state index in [2.05, 4.69) is 15.4 Å². The molecule has 0 amide bonds. The Hall–Kier alpha value is -1.95. The molecule has 94 valence electrons. The molecule has 0 aliphatic heterocycles. The number of pyridine rings is 1. The van der Waals surface area contributed by atoms with Crippen molar-refractivity contribution >= 4 is 23.0 Å². The van der Waals surface area contributed by atoms with E-state index < -0.39 is 0 Å². The molecule has 0 saturated carbocycles. The van der Waals surface area contributed by atoms with E-state index in [1.165, 1.54) is 0 Å². The molecule has 18 heavy (non-hydrogen) atoms. The van der Waals surface area contributed by atoms with Crippen LogP contribution in [-0.2, 0) is 13.6 Å². The molecule has 2 aromatic heterocycles. The summed E-state index contributed by atoms with van der Waals surface area (Å²) in [5.74, 6) is 0.702. The molecule has 0 aliphatic carbocycles. The van der Waals surface area contributed by atoms with Crippen molar-refractivity contribution in [3.05, 3.63) is 41.3 Å². The molecule has 0 atom stereocenters. The van der Waals surface area contributed by atoms with Gasteiger partial charge in [-0.05, 0) is 19.1 Å². The van der Waals surface area contributed by atoms with Gasteiger partial charge in [-0.15, -0.1) is 0 Å². The van der Waals surface area contributed by atoms with E-state index >= 15 is 0 Å². The molecular formula is C12H15N5S. The summed E-state index contributed by atoms with van der Waals surface area (Å²) >= 11 is 4.99. The summed E-state index contributed by atoms with van der Waals surface area (Å²) in [7, 11) is 1.90. The van der Waals surface area contributed by atoms with Crippen molar-refractivity contribution in [2.75, 3.05) is 5.32 Å². The Bertz CT molecular complexity index is 576. The van der Waals surface area contributed by atoms with E-state index in [-0.39, 0.29) is 0 Å². The van der Waals surface area contributed by atoms with Crippen molar-refractivity contribution in [1.82, 2.24) is 14.8 Å². The fourth-order valence-corrected chi connectivity index (χ4v) is 1.91. The zero-order valence-electron chi connectivity index (χ0n) is 10.3. The van der Waals surface area contributed by atoms with Crippen molar-refractivity contribution in [3.8, 4) is 0 Å². The van der Waals surface area contributed by atoms with Crippen LogP contribution in [0.1, 0.15) is 16.8 Å². The van der Waals surface area contributed by atoms with Gasteiger partial charge in [0.2, 0.25) is 0 Å². The van der Waals surface area contributed by atoms with Gasteiger partial charge in [0.05, 0.1) is 11.3 Å². The van der Waals surface area contributed by atoms with Crippen molar-refractivity contribution in [1.29, 1.82) is 0 Å². The second-order valence-electron chi connectivity index (χ2n) is 4.03. The zero-order valence-corrected chi connectivity index (χ0v) is 11.2. The van der Waals surface area contributed by atoms with E-state index in [9.17, 15) is 0 Å². The molecule has 0 fully saturated rings. The molecule has 0 unspecified atom stereocenters.